The van der Waals surface area contributed by atoms with Gasteiger partial charge in [-0.3, -0.25) is 9.59 Å². The van der Waals surface area contributed by atoms with Gasteiger partial charge in [-0.1, -0.05) is 24.3 Å². The molecular weight excluding hydrogens is 178 g/mol. The Morgan fingerprint density at radius 2 is 2.07 bits per heavy atom. The average molecular weight is 189 g/mol. The molecule has 1 heterocycles. The van der Waals surface area contributed by atoms with Crippen molar-refractivity contribution in [3.05, 3.63) is 35.4 Å². The Balaban J connectivity index is 2.21. The quantitative estimate of drug-likeness (QED) is 0.543. The zero-order chi connectivity index (χ0) is 9.97. The summed E-state index contributed by atoms with van der Waals surface area (Å²) in [6.07, 6.45) is 1.01. The van der Waals surface area contributed by atoms with Crippen molar-refractivity contribution in [1.82, 2.24) is 5.32 Å². The molecule has 0 fully saturated rings. The van der Waals surface area contributed by atoms with E-state index in [-0.39, 0.29) is 11.8 Å². The van der Waals surface area contributed by atoms with Crippen molar-refractivity contribution in [2.45, 2.75) is 19.0 Å². The predicted molar refractivity (Wildman–Crippen MR) is 51.8 cm³/mol. The molecule has 2 rings (SSSR count). The van der Waals surface area contributed by atoms with E-state index in [1.165, 1.54) is 5.56 Å². The summed E-state index contributed by atoms with van der Waals surface area (Å²) >= 11 is 0. The van der Waals surface area contributed by atoms with Gasteiger partial charge in [-0.15, -0.1) is 0 Å². The van der Waals surface area contributed by atoms with Crippen LogP contribution in [0.3, 0.4) is 0 Å². The highest BCUT2D eigenvalue weighted by Crippen LogP contribution is 2.16. The third-order valence-electron chi connectivity index (χ3n) is 2.54. The molecule has 0 unspecified atom stereocenters. The Labute approximate surface area is 82.1 Å². The number of rotatable bonds is 2. The van der Waals surface area contributed by atoms with Crippen molar-refractivity contribution in [1.29, 1.82) is 0 Å². The zero-order valence-corrected chi connectivity index (χ0v) is 7.69. The van der Waals surface area contributed by atoms with Gasteiger partial charge in [0.05, 0.1) is 6.04 Å². The van der Waals surface area contributed by atoms with E-state index < -0.39 is 0 Å². The number of fused-ring (bicyclic) bond motifs is 1. The fourth-order valence-corrected chi connectivity index (χ4v) is 1.74. The minimum Gasteiger partial charge on any atom is -0.303 e. The molecule has 0 amide bonds. The van der Waals surface area contributed by atoms with Crippen molar-refractivity contribution in [3.8, 4) is 0 Å². The molecule has 1 atom stereocenters. The standard InChI is InChI=1S/C11H11NO2/c13-7-11(14)10-5-8-3-1-2-4-9(8)6-12-10/h1-4,7,10,12H,5-6H2/t10-/m0/s1. The second-order valence-corrected chi connectivity index (χ2v) is 3.43. The topological polar surface area (TPSA) is 46.2 Å². The van der Waals surface area contributed by atoms with E-state index in [4.69, 9.17) is 0 Å². The van der Waals surface area contributed by atoms with Gasteiger partial charge in [0.1, 0.15) is 0 Å². The lowest BCUT2D eigenvalue weighted by atomic mass is 9.94. The number of nitrogens with one attached hydrogen (secondary N) is 1. The average Bonchev–Trinajstić information content (AvgIpc) is 2.27. The van der Waals surface area contributed by atoms with Gasteiger partial charge in [-0.2, -0.15) is 0 Å². The van der Waals surface area contributed by atoms with E-state index in [0.29, 0.717) is 19.3 Å². The lowest BCUT2D eigenvalue weighted by Gasteiger charge is -2.23. The number of carbonyl (C=O) groups excluding carboxylic acids is 2. The van der Waals surface area contributed by atoms with E-state index in [1.54, 1.807) is 0 Å². The maximum atomic E-state index is 11.1. The van der Waals surface area contributed by atoms with Crippen LogP contribution < -0.4 is 5.32 Å². The molecule has 1 N–H and O–H groups in total. The Hall–Kier alpha value is -1.48. The van der Waals surface area contributed by atoms with Crippen LogP contribution in [0.5, 0.6) is 0 Å². The third kappa shape index (κ3) is 1.59. The number of hydrogen-bond acceptors (Lipinski definition) is 3. The third-order valence-corrected chi connectivity index (χ3v) is 2.54. The van der Waals surface area contributed by atoms with Crippen molar-refractivity contribution in [2.24, 2.45) is 0 Å². The highest BCUT2D eigenvalue weighted by molar-refractivity contribution is 6.27. The zero-order valence-electron chi connectivity index (χ0n) is 7.69. The van der Waals surface area contributed by atoms with Crippen LogP contribution >= 0.6 is 0 Å². The molecule has 1 aromatic carbocycles. The Morgan fingerprint density at radius 1 is 1.36 bits per heavy atom. The first-order valence-electron chi connectivity index (χ1n) is 4.60. The molecule has 0 aliphatic carbocycles. The SMILES string of the molecule is O=CC(=O)[C@@H]1Cc2ccccc2CN1. The Bertz CT molecular complexity index is 373. The molecule has 0 aromatic heterocycles. The molecule has 14 heavy (non-hydrogen) atoms. The fourth-order valence-electron chi connectivity index (χ4n) is 1.74. The van der Waals surface area contributed by atoms with Crippen LogP contribution in [0.2, 0.25) is 0 Å². The largest absolute Gasteiger partial charge is 0.303 e. The van der Waals surface area contributed by atoms with Gasteiger partial charge in [0.2, 0.25) is 5.78 Å². The fraction of sp³-hybridized carbons (Fsp3) is 0.273. The van der Waals surface area contributed by atoms with E-state index in [9.17, 15) is 9.59 Å². The van der Waals surface area contributed by atoms with Crippen LogP contribution in [0.4, 0.5) is 0 Å². The Kier molecular flexibility index (Phi) is 2.41. The number of hydrogen-bond donors (Lipinski definition) is 1. The van der Waals surface area contributed by atoms with Gasteiger partial charge in [0.25, 0.3) is 0 Å². The molecule has 0 saturated heterocycles. The maximum Gasteiger partial charge on any atom is 0.212 e. The molecule has 3 nitrogen and oxygen atoms in total. The molecule has 0 bridgehead atoms. The van der Waals surface area contributed by atoms with Crippen LogP contribution in [-0.2, 0) is 22.6 Å². The van der Waals surface area contributed by atoms with Crippen LogP contribution in [-0.4, -0.2) is 18.1 Å². The van der Waals surface area contributed by atoms with E-state index in [0.717, 1.165) is 5.56 Å². The molecule has 1 aliphatic rings. The highest BCUT2D eigenvalue weighted by atomic mass is 16.2. The summed E-state index contributed by atoms with van der Waals surface area (Å²) in [5, 5.41) is 3.05. The van der Waals surface area contributed by atoms with Gasteiger partial charge in [-0.05, 0) is 17.5 Å². The first-order valence-corrected chi connectivity index (χ1v) is 4.60. The molecule has 3 heteroatoms. The van der Waals surface area contributed by atoms with Gasteiger partial charge in [-0.25, -0.2) is 0 Å². The molecule has 0 spiro atoms. The van der Waals surface area contributed by atoms with Crippen LogP contribution in [0.25, 0.3) is 0 Å². The number of benzene rings is 1. The van der Waals surface area contributed by atoms with E-state index in [2.05, 4.69) is 5.32 Å². The van der Waals surface area contributed by atoms with Crippen LogP contribution in [0.1, 0.15) is 11.1 Å². The molecule has 1 aromatic rings. The minimum absolute atomic E-state index is 0.331. The highest BCUT2D eigenvalue weighted by Gasteiger charge is 2.22. The van der Waals surface area contributed by atoms with Gasteiger partial charge < -0.3 is 5.32 Å². The van der Waals surface area contributed by atoms with Crippen molar-refractivity contribution >= 4 is 12.1 Å². The van der Waals surface area contributed by atoms with Crippen LogP contribution in [0, 0.1) is 0 Å². The van der Waals surface area contributed by atoms with Gasteiger partial charge in [0, 0.05) is 6.54 Å². The number of ketones is 1. The molecule has 72 valence electrons. The normalized spacial score (nSPS) is 19.9. The summed E-state index contributed by atoms with van der Waals surface area (Å²) in [5.41, 5.74) is 2.37. The van der Waals surface area contributed by atoms with Gasteiger partial charge >= 0.3 is 0 Å². The van der Waals surface area contributed by atoms with Gasteiger partial charge in [0.15, 0.2) is 6.29 Å². The predicted octanol–water partition coefficient (Wildman–Crippen LogP) is 0.469. The second-order valence-electron chi connectivity index (χ2n) is 3.43. The van der Waals surface area contributed by atoms with Crippen molar-refractivity contribution in [3.63, 3.8) is 0 Å². The molecule has 0 radical (unpaired) electrons. The van der Waals surface area contributed by atoms with Crippen molar-refractivity contribution < 1.29 is 9.59 Å². The number of aldehydes is 1. The lowest BCUT2D eigenvalue weighted by molar-refractivity contribution is -0.131. The minimum atomic E-state index is -0.362. The lowest BCUT2D eigenvalue weighted by Crippen LogP contribution is -2.42. The first-order chi connectivity index (χ1) is 6.81. The second kappa shape index (κ2) is 3.72. The summed E-state index contributed by atoms with van der Waals surface area (Å²) in [7, 11) is 0. The number of Topliss-reactive ketones (excluding diaryl/α,β-unsaturated/α-hetero) is 1. The van der Waals surface area contributed by atoms with Crippen LogP contribution in [0.15, 0.2) is 24.3 Å². The first kappa shape index (κ1) is 9.09. The summed E-state index contributed by atoms with van der Waals surface area (Å²) in [6, 6.07) is 7.63. The smallest absolute Gasteiger partial charge is 0.212 e. The van der Waals surface area contributed by atoms with Crippen molar-refractivity contribution in [2.75, 3.05) is 0 Å². The molecular formula is C11H11NO2. The Morgan fingerprint density at radius 3 is 2.79 bits per heavy atom. The summed E-state index contributed by atoms with van der Waals surface area (Å²) in [6.45, 7) is 0.667. The summed E-state index contributed by atoms with van der Waals surface area (Å²) in [5.74, 6) is -0.362. The molecule has 0 saturated carbocycles. The maximum absolute atomic E-state index is 11.1. The summed E-state index contributed by atoms with van der Waals surface area (Å²) in [4.78, 5) is 21.5. The van der Waals surface area contributed by atoms with E-state index >= 15 is 0 Å². The number of carbonyl (C=O) groups is 2. The van der Waals surface area contributed by atoms with E-state index in [1.807, 2.05) is 24.3 Å². The monoisotopic (exact) mass is 189 g/mol. The summed E-state index contributed by atoms with van der Waals surface area (Å²) < 4.78 is 0. The molecule has 1 aliphatic heterocycles.